The maximum Gasteiger partial charge on any atom is 0.136 e. The van der Waals surface area contributed by atoms with E-state index in [1.807, 2.05) is 24.3 Å². The lowest BCUT2D eigenvalue weighted by atomic mass is 10.0. The minimum atomic E-state index is 0.823. The van der Waals surface area contributed by atoms with Crippen LogP contribution in [0.25, 0.3) is 65.4 Å². The zero-order valence-electron chi connectivity index (χ0n) is 33.7. The zero-order valence-corrected chi connectivity index (χ0v) is 33.7. The highest BCUT2D eigenvalue weighted by Crippen LogP contribution is 2.43. The molecule has 60 heavy (non-hydrogen) atoms. The predicted molar refractivity (Wildman–Crippen MR) is 248 cm³/mol. The van der Waals surface area contributed by atoms with Crippen LogP contribution in [0.15, 0.2) is 179 Å². The number of hydrogen-bond acceptors (Lipinski definition) is 6. The van der Waals surface area contributed by atoms with Gasteiger partial charge in [-0.05, 0) is 168 Å². The van der Waals surface area contributed by atoms with Crippen molar-refractivity contribution in [1.29, 1.82) is 0 Å². The molecule has 0 radical (unpaired) electrons. The molecule has 0 amide bonds. The number of aryl methyl sites for hydroxylation is 2. The van der Waals surface area contributed by atoms with Gasteiger partial charge in [-0.25, -0.2) is 0 Å². The molecule has 0 atom stereocenters. The predicted octanol–water partition coefficient (Wildman–Crippen LogP) is 15.4. The van der Waals surface area contributed by atoms with Crippen molar-refractivity contribution >= 4 is 99.5 Å². The molecule has 0 N–H and O–H groups in total. The number of fused-ring (bicyclic) bond motifs is 8. The number of methoxy groups -OCH3 is 2. The van der Waals surface area contributed by atoms with E-state index in [0.717, 1.165) is 111 Å². The summed E-state index contributed by atoms with van der Waals surface area (Å²) in [5, 5.41) is 8.64. The summed E-state index contributed by atoms with van der Waals surface area (Å²) in [7, 11) is 3.39. The minimum absolute atomic E-state index is 0.823. The van der Waals surface area contributed by atoms with Gasteiger partial charge in [-0.1, -0.05) is 48.5 Å². The van der Waals surface area contributed by atoms with Crippen LogP contribution in [-0.2, 0) is 0 Å². The molecule has 0 saturated carbocycles. The van der Waals surface area contributed by atoms with Gasteiger partial charge in [-0.15, -0.1) is 0 Å². The largest absolute Gasteiger partial charge is 0.497 e. The first-order chi connectivity index (χ1) is 29.4. The quantitative estimate of drug-likeness (QED) is 0.153. The number of furan rings is 2. The number of rotatable bonds is 8. The highest BCUT2D eigenvalue weighted by Gasteiger charge is 2.20. The minimum Gasteiger partial charge on any atom is -0.497 e. The Balaban J connectivity index is 0.997. The fourth-order valence-corrected chi connectivity index (χ4v) is 8.73. The van der Waals surface area contributed by atoms with Crippen molar-refractivity contribution in [3.05, 3.63) is 181 Å². The number of para-hydroxylation sites is 2. The molecule has 0 saturated heterocycles. The maximum atomic E-state index is 6.66. The summed E-state index contributed by atoms with van der Waals surface area (Å²) in [5.74, 6) is 1.65. The molecular formula is C54H40N2O4. The lowest BCUT2D eigenvalue weighted by Crippen LogP contribution is -2.11. The number of hydrogen-bond donors (Lipinski definition) is 0. The van der Waals surface area contributed by atoms with Gasteiger partial charge in [-0.3, -0.25) is 0 Å². The van der Waals surface area contributed by atoms with Gasteiger partial charge in [0.25, 0.3) is 0 Å². The van der Waals surface area contributed by atoms with E-state index >= 15 is 0 Å². The van der Waals surface area contributed by atoms with Gasteiger partial charge in [0, 0.05) is 55.7 Å². The first kappa shape index (κ1) is 35.5. The van der Waals surface area contributed by atoms with Crippen molar-refractivity contribution in [3.63, 3.8) is 0 Å². The van der Waals surface area contributed by atoms with Gasteiger partial charge >= 0.3 is 0 Å². The topological polar surface area (TPSA) is 51.2 Å². The molecule has 290 valence electrons. The van der Waals surface area contributed by atoms with Crippen molar-refractivity contribution in [3.8, 4) is 11.5 Å². The molecule has 0 aliphatic rings. The molecule has 0 aliphatic heterocycles. The van der Waals surface area contributed by atoms with E-state index in [2.05, 4.69) is 169 Å². The van der Waals surface area contributed by atoms with Gasteiger partial charge in [0.2, 0.25) is 0 Å². The van der Waals surface area contributed by atoms with Crippen molar-refractivity contribution in [2.24, 2.45) is 0 Å². The van der Waals surface area contributed by atoms with Gasteiger partial charge in [0.15, 0.2) is 0 Å². The number of benzene rings is 9. The second-order valence-electron chi connectivity index (χ2n) is 15.4. The fraction of sp³-hybridized carbons (Fsp3) is 0.0741. The Bertz CT molecular complexity index is 3200. The monoisotopic (exact) mass is 780 g/mol. The molecule has 6 nitrogen and oxygen atoms in total. The van der Waals surface area contributed by atoms with Crippen LogP contribution < -0.4 is 19.3 Å². The summed E-state index contributed by atoms with van der Waals surface area (Å²) in [6, 6.07) is 59.7. The van der Waals surface area contributed by atoms with Crippen molar-refractivity contribution < 1.29 is 18.3 Å². The van der Waals surface area contributed by atoms with E-state index in [4.69, 9.17) is 18.3 Å². The molecule has 11 aromatic rings. The van der Waals surface area contributed by atoms with Crippen LogP contribution in [-0.4, -0.2) is 14.2 Å². The number of anilines is 6. The van der Waals surface area contributed by atoms with Crippen LogP contribution in [0.2, 0.25) is 0 Å². The van der Waals surface area contributed by atoms with Crippen molar-refractivity contribution in [2.45, 2.75) is 13.8 Å². The summed E-state index contributed by atoms with van der Waals surface area (Å²) in [5.41, 5.74) is 12.2. The average molecular weight is 781 g/mol. The number of ether oxygens (including phenoxy) is 2. The van der Waals surface area contributed by atoms with Crippen LogP contribution in [0.5, 0.6) is 11.5 Å². The van der Waals surface area contributed by atoms with Crippen LogP contribution in [0, 0.1) is 13.8 Å². The Hall–Kier alpha value is -7.70. The van der Waals surface area contributed by atoms with Crippen molar-refractivity contribution in [1.82, 2.24) is 0 Å². The molecule has 11 rings (SSSR count). The lowest BCUT2D eigenvalue weighted by Gasteiger charge is -2.27. The summed E-state index contributed by atoms with van der Waals surface area (Å²) in [6.45, 7) is 4.29. The molecule has 0 fully saturated rings. The molecule has 0 aliphatic carbocycles. The molecule has 2 heterocycles. The summed E-state index contributed by atoms with van der Waals surface area (Å²) in [6.07, 6.45) is 0. The summed E-state index contributed by atoms with van der Waals surface area (Å²) in [4.78, 5) is 4.59. The first-order valence-corrected chi connectivity index (χ1v) is 20.1. The second-order valence-corrected chi connectivity index (χ2v) is 15.4. The standard InChI is InChI=1S/C54H40N2O4/c1-33-9-5-7-11-49(33)55(39-17-21-43(57-3)22-18-39)41-15-13-35-27-45-47-31-54-48(32-53(47)59-51(45)29-37(35)25-41)46-28-36-14-16-42(26-38(36)30-52(46)60-54)56(50-12-8-6-10-34(50)2)40-19-23-44(58-4)24-20-40/h5-32H,1-4H3. The van der Waals surface area contributed by atoms with Crippen molar-refractivity contribution in [2.75, 3.05) is 24.0 Å². The fourth-order valence-electron chi connectivity index (χ4n) is 8.73. The van der Waals surface area contributed by atoms with Gasteiger partial charge < -0.3 is 28.1 Å². The molecule has 2 aromatic heterocycles. The van der Waals surface area contributed by atoms with Gasteiger partial charge in [-0.2, -0.15) is 0 Å². The van der Waals surface area contributed by atoms with Gasteiger partial charge in [0.1, 0.15) is 33.8 Å². The Labute approximate surface area is 347 Å². The maximum absolute atomic E-state index is 6.66. The van der Waals surface area contributed by atoms with E-state index in [9.17, 15) is 0 Å². The van der Waals surface area contributed by atoms with E-state index in [0.29, 0.717) is 0 Å². The third-order valence-electron chi connectivity index (χ3n) is 11.8. The van der Waals surface area contributed by atoms with Gasteiger partial charge in [0.05, 0.1) is 14.2 Å². The molecule has 6 heteroatoms. The molecule has 0 bridgehead atoms. The highest BCUT2D eigenvalue weighted by atomic mass is 16.5. The molecular weight excluding hydrogens is 741 g/mol. The normalized spacial score (nSPS) is 11.7. The number of nitrogens with zero attached hydrogens (tertiary/aromatic N) is 2. The summed E-state index contributed by atoms with van der Waals surface area (Å²) < 4.78 is 24.3. The molecule has 9 aromatic carbocycles. The first-order valence-electron chi connectivity index (χ1n) is 20.1. The Kier molecular flexibility index (Phi) is 8.27. The van der Waals surface area contributed by atoms with Crippen LogP contribution in [0.1, 0.15) is 11.1 Å². The van der Waals surface area contributed by atoms with E-state index in [-0.39, 0.29) is 0 Å². The van der Waals surface area contributed by atoms with Crippen LogP contribution in [0.4, 0.5) is 34.1 Å². The van der Waals surface area contributed by atoms with E-state index < -0.39 is 0 Å². The lowest BCUT2D eigenvalue weighted by molar-refractivity contribution is 0.414. The van der Waals surface area contributed by atoms with E-state index in [1.165, 1.54) is 11.1 Å². The third-order valence-corrected chi connectivity index (χ3v) is 11.8. The highest BCUT2D eigenvalue weighted by molar-refractivity contribution is 6.18. The Morgan fingerprint density at radius 2 is 0.717 bits per heavy atom. The third kappa shape index (κ3) is 5.87. The van der Waals surface area contributed by atoms with E-state index in [1.54, 1.807) is 14.2 Å². The SMILES string of the molecule is COc1ccc(N(c2ccc3cc4c(cc3c2)oc2cc3c(cc24)oc2cc4cc(N(c5ccc(OC)cc5)c5ccccc5C)ccc4cc23)c2ccccc2C)cc1. The van der Waals surface area contributed by atoms with Crippen LogP contribution in [0.3, 0.4) is 0 Å². The zero-order chi connectivity index (χ0) is 40.5. The average Bonchev–Trinajstić information content (AvgIpc) is 3.81. The molecule has 0 spiro atoms. The Morgan fingerprint density at radius 1 is 0.350 bits per heavy atom. The molecule has 0 unspecified atom stereocenters. The Morgan fingerprint density at radius 3 is 1.12 bits per heavy atom. The smallest absolute Gasteiger partial charge is 0.136 e. The van der Waals surface area contributed by atoms with Crippen LogP contribution >= 0.6 is 0 Å². The summed E-state index contributed by atoms with van der Waals surface area (Å²) >= 11 is 0. The second kappa shape index (κ2) is 14.0.